The summed E-state index contributed by atoms with van der Waals surface area (Å²) in [5.41, 5.74) is 5.24. The third-order valence-electron chi connectivity index (χ3n) is 9.62. The van der Waals surface area contributed by atoms with Crippen LogP contribution in [-0.2, 0) is 9.53 Å². The van der Waals surface area contributed by atoms with Gasteiger partial charge in [-0.25, -0.2) is 0 Å². The van der Waals surface area contributed by atoms with Crippen molar-refractivity contribution in [1.82, 2.24) is 0 Å². The van der Waals surface area contributed by atoms with Gasteiger partial charge in [-0.3, -0.25) is 4.79 Å². The summed E-state index contributed by atoms with van der Waals surface area (Å²) >= 11 is 0. The van der Waals surface area contributed by atoms with E-state index in [4.69, 9.17) is 4.74 Å². The fraction of sp³-hybridized carbons (Fsp3) is 0.800. The molecular formula is C25H36O2. The summed E-state index contributed by atoms with van der Waals surface area (Å²) in [7, 11) is 0. The van der Waals surface area contributed by atoms with E-state index < -0.39 is 0 Å². The van der Waals surface area contributed by atoms with Gasteiger partial charge in [-0.05, 0) is 92.6 Å². The highest BCUT2D eigenvalue weighted by molar-refractivity contribution is 5.77. The first-order valence-corrected chi connectivity index (χ1v) is 11.6. The van der Waals surface area contributed by atoms with Crippen LogP contribution in [0.5, 0.6) is 0 Å². The third kappa shape index (κ3) is 2.54. The molecule has 4 fully saturated rings. The zero-order chi connectivity index (χ0) is 18.8. The molecule has 2 nitrogen and oxygen atoms in total. The van der Waals surface area contributed by atoms with E-state index >= 15 is 0 Å². The topological polar surface area (TPSA) is 26.3 Å². The number of hydrogen-bond donors (Lipinski definition) is 0. The van der Waals surface area contributed by atoms with Crippen molar-refractivity contribution in [3.05, 3.63) is 22.8 Å². The third-order valence-corrected chi connectivity index (χ3v) is 9.62. The zero-order valence-electron chi connectivity index (χ0n) is 17.5. The van der Waals surface area contributed by atoms with Crippen LogP contribution in [0.3, 0.4) is 0 Å². The van der Waals surface area contributed by atoms with Crippen molar-refractivity contribution in [1.29, 1.82) is 0 Å². The van der Waals surface area contributed by atoms with Crippen molar-refractivity contribution >= 4 is 5.97 Å². The number of ether oxygens (including phenoxy) is 1. The van der Waals surface area contributed by atoms with E-state index in [1.807, 2.05) is 0 Å². The Morgan fingerprint density at radius 3 is 2.56 bits per heavy atom. The molecule has 0 spiro atoms. The second-order valence-corrected chi connectivity index (χ2v) is 10.8. The molecule has 5 aliphatic carbocycles. The molecular weight excluding hydrogens is 332 g/mol. The lowest BCUT2D eigenvalue weighted by atomic mass is 9.67. The molecule has 0 radical (unpaired) electrons. The molecule has 148 valence electrons. The van der Waals surface area contributed by atoms with E-state index in [0.717, 1.165) is 12.3 Å². The SMILES string of the molecule is CC1(C)[C@H]2CC[C@]1(C)[C@H](OC(=O)[C@H]1C=C3CCCCC3=C3CCCC[C@@H]31)C2. The maximum absolute atomic E-state index is 13.4. The van der Waals surface area contributed by atoms with Gasteiger partial charge in [-0.2, -0.15) is 0 Å². The van der Waals surface area contributed by atoms with E-state index in [1.54, 1.807) is 11.1 Å². The average Bonchev–Trinajstić information content (AvgIpc) is 3.01. The van der Waals surface area contributed by atoms with Crippen LogP contribution in [0.25, 0.3) is 0 Å². The molecule has 0 aromatic heterocycles. The van der Waals surface area contributed by atoms with Gasteiger partial charge in [0.1, 0.15) is 6.10 Å². The fourth-order valence-corrected chi connectivity index (χ4v) is 7.38. The van der Waals surface area contributed by atoms with Crippen molar-refractivity contribution in [2.24, 2.45) is 28.6 Å². The maximum Gasteiger partial charge on any atom is 0.313 e. The average molecular weight is 369 g/mol. The Kier molecular flexibility index (Phi) is 4.15. The summed E-state index contributed by atoms with van der Waals surface area (Å²) in [5.74, 6) is 1.23. The highest BCUT2D eigenvalue weighted by atomic mass is 16.5. The highest BCUT2D eigenvalue weighted by Crippen LogP contribution is 2.66. The molecule has 0 saturated heterocycles. The molecule has 0 unspecified atom stereocenters. The highest BCUT2D eigenvalue weighted by Gasteiger charge is 2.63. The van der Waals surface area contributed by atoms with Crippen LogP contribution in [0.15, 0.2) is 22.8 Å². The van der Waals surface area contributed by atoms with Crippen LogP contribution < -0.4 is 0 Å². The second-order valence-electron chi connectivity index (χ2n) is 10.8. The van der Waals surface area contributed by atoms with Gasteiger partial charge in [-0.15, -0.1) is 0 Å². The number of hydrogen-bond acceptors (Lipinski definition) is 2. The number of allylic oxidation sites excluding steroid dienone is 3. The quantitative estimate of drug-likeness (QED) is 0.530. The number of fused-ring (bicyclic) bond motifs is 4. The summed E-state index contributed by atoms with van der Waals surface area (Å²) < 4.78 is 6.35. The molecule has 27 heavy (non-hydrogen) atoms. The molecule has 0 heterocycles. The van der Waals surface area contributed by atoms with Crippen molar-refractivity contribution in [2.75, 3.05) is 0 Å². The zero-order valence-corrected chi connectivity index (χ0v) is 17.5. The summed E-state index contributed by atoms with van der Waals surface area (Å²) in [6, 6.07) is 0. The first kappa shape index (κ1) is 18.0. The molecule has 0 aromatic carbocycles. The summed E-state index contributed by atoms with van der Waals surface area (Å²) in [4.78, 5) is 13.4. The van der Waals surface area contributed by atoms with Crippen LogP contribution in [0.2, 0.25) is 0 Å². The molecule has 2 heteroatoms. The summed E-state index contributed by atoms with van der Waals surface area (Å²) in [5, 5.41) is 0. The molecule has 0 aromatic rings. The van der Waals surface area contributed by atoms with Crippen LogP contribution in [0.1, 0.15) is 91.4 Å². The summed E-state index contributed by atoms with van der Waals surface area (Å²) in [6.07, 6.45) is 16.1. The van der Waals surface area contributed by atoms with E-state index in [9.17, 15) is 4.79 Å². The number of esters is 1. The Morgan fingerprint density at radius 1 is 1.04 bits per heavy atom. The number of rotatable bonds is 2. The van der Waals surface area contributed by atoms with Crippen LogP contribution in [0, 0.1) is 28.6 Å². The van der Waals surface area contributed by atoms with Gasteiger partial charge in [0, 0.05) is 5.41 Å². The van der Waals surface area contributed by atoms with E-state index in [2.05, 4.69) is 26.8 Å². The van der Waals surface area contributed by atoms with Gasteiger partial charge in [-0.1, -0.05) is 38.8 Å². The molecule has 5 aliphatic rings. The van der Waals surface area contributed by atoms with Gasteiger partial charge in [0.25, 0.3) is 0 Å². The lowest BCUT2D eigenvalue weighted by Crippen LogP contribution is -2.41. The molecule has 4 saturated carbocycles. The Balaban J connectivity index is 1.39. The van der Waals surface area contributed by atoms with Crippen molar-refractivity contribution in [3.8, 4) is 0 Å². The Morgan fingerprint density at radius 2 is 1.81 bits per heavy atom. The number of carbonyl (C=O) groups excluding carboxylic acids is 1. The summed E-state index contributed by atoms with van der Waals surface area (Å²) in [6.45, 7) is 7.18. The first-order valence-electron chi connectivity index (χ1n) is 11.6. The van der Waals surface area contributed by atoms with Gasteiger partial charge in [0.15, 0.2) is 0 Å². The molecule has 0 aliphatic heterocycles. The number of carbonyl (C=O) groups is 1. The Hall–Kier alpha value is -1.05. The van der Waals surface area contributed by atoms with Crippen molar-refractivity contribution in [3.63, 3.8) is 0 Å². The predicted molar refractivity (Wildman–Crippen MR) is 108 cm³/mol. The normalized spacial score (nSPS) is 42.4. The van der Waals surface area contributed by atoms with Gasteiger partial charge in [0.2, 0.25) is 0 Å². The van der Waals surface area contributed by atoms with Crippen LogP contribution in [-0.4, -0.2) is 12.1 Å². The smallest absolute Gasteiger partial charge is 0.313 e. The first-order chi connectivity index (χ1) is 12.9. The minimum atomic E-state index is -0.0111. The second kappa shape index (κ2) is 6.22. The molecule has 0 amide bonds. The lowest BCUT2D eigenvalue weighted by Gasteiger charge is -2.41. The minimum Gasteiger partial charge on any atom is -0.461 e. The van der Waals surface area contributed by atoms with E-state index in [0.29, 0.717) is 11.3 Å². The Bertz CT molecular complexity index is 712. The molecule has 0 N–H and O–H groups in total. The largest absolute Gasteiger partial charge is 0.461 e. The Labute approximate surface area is 164 Å². The van der Waals surface area contributed by atoms with Crippen molar-refractivity contribution in [2.45, 2.75) is 97.5 Å². The standard InChI is InChI=1S/C25H36O2/c1-24(2)17-12-13-25(24,3)22(15-17)27-23(26)21-14-16-8-4-5-9-18(16)19-10-6-7-11-20(19)21/h14,17,20-22H,4-13,15H2,1-3H3/t17-,20-,21-,22+,25+/m0/s1. The van der Waals surface area contributed by atoms with Crippen LogP contribution in [0.4, 0.5) is 0 Å². The van der Waals surface area contributed by atoms with Crippen molar-refractivity contribution < 1.29 is 9.53 Å². The minimum absolute atomic E-state index is 0.0111. The maximum atomic E-state index is 13.4. The molecule has 2 bridgehead atoms. The fourth-order valence-electron chi connectivity index (χ4n) is 7.38. The van der Waals surface area contributed by atoms with Crippen LogP contribution >= 0.6 is 0 Å². The predicted octanol–water partition coefficient (Wildman–Crippen LogP) is 6.36. The van der Waals surface area contributed by atoms with E-state index in [1.165, 1.54) is 69.8 Å². The lowest BCUT2D eigenvalue weighted by molar-refractivity contribution is -0.161. The molecule has 5 rings (SSSR count). The monoisotopic (exact) mass is 368 g/mol. The molecule has 5 atom stereocenters. The van der Waals surface area contributed by atoms with Gasteiger partial charge in [0.05, 0.1) is 5.92 Å². The van der Waals surface area contributed by atoms with E-state index in [-0.39, 0.29) is 23.4 Å². The van der Waals surface area contributed by atoms with Gasteiger partial charge < -0.3 is 4.74 Å². The van der Waals surface area contributed by atoms with Gasteiger partial charge >= 0.3 is 5.97 Å².